The largest absolute Gasteiger partial charge is 0.493 e. The highest BCUT2D eigenvalue weighted by Gasteiger charge is 2.20. The summed E-state index contributed by atoms with van der Waals surface area (Å²) < 4.78 is 10.3. The molecule has 0 aliphatic rings. The van der Waals surface area contributed by atoms with E-state index in [2.05, 4.69) is 4.98 Å². The standard InChI is InChI=1S/C13H8Cl3NO3/c1-19-8-4-2-3-5-9(8)20-13(18)12-11(16)10(15)7(14)6-17-12/h2-6H,1H3. The van der Waals surface area contributed by atoms with Gasteiger partial charge in [0.05, 0.1) is 22.2 Å². The normalized spacial score (nSPS) is 10.2. The number of aromatic nitrogens is 1. The quantitative estimate of drug-likeness (QED) is 0.622. The SMILES string of the molecule is COc1ccccc1OC(=O)c1ncc(Cl)c(Cl)c1Cl. The maximum Gasteiger partial charge on any atom is 0.364 e. The van der Waals surface area contributed by atoms with E-state index in [1.807, 2.05) is 0 Å². The molecule has 2 aromatic rings. The van der Waals surface area contributed by atoms with Crippen molar-refractivity contribution in [3.05, 3.63) is 51.2 Å². The topological polar surface area (TPSA) is 48.4 Å². The molecule has 0 bridgehead atoms. The van der Waals surface area contributed by atoms with E-state index in [1.54, 1.807) is 24.3 Å². The van der Waals surface area contributed by atoms with E-state index < -0.39 is 5.97 Å². The van der Waals surface area contributed by atoms with E-state index in [-0.39, 0.29) is 26.5 Å². The molecule has 0 amide bonds. The summed E-state index contributed by atoms with van der Waals surface area (Å²) in [5, 5.41) is 0.153. The van der Waals surface area contributed by atoms with Crippen LogP contribution in [0.5, 0.6) is 11.5 Å². The number of para-hydroxylation sites is 2. The number of ether oxygens (including phenoxy) is 2. The molecular formula is C13H8Cl3NO3. The molecule has 7 heteroatoms. The van der Waals surface area contributed by atoms with Gasteiger partial charge in [-0.1, -0.05) is 46.9 Å². The molecule has 104 valence electrons. The van der Waals surface area contributed by atoms with E-state index in [0.29, 0.717) is 5.75 Å². The highest BCUT2D eigenvalue weighted by atomic mass is 35.5. The number of benzene rings is 1. The molecule has 1 aromatic carbocycles. The van der Waals surface area contributed by atoms with Crippen LogP contribution in [0.3, 0.4) is 0 Å². The number of methoxy groups -OCH3 is 1. The number of carbonyl (C=O) groups excluding carboxylic acids is 1. The van der Waals surface area contributed by atoms with Crippen LogP contribution in [0.2, 0.25) is 15.1 Å². The van der Waals surface area contributed by atoms with Crippen LogP contribution in [0.1, 0.15) is 10.5 Å². The van der Waals surface area contributed by atoms with Gasteiger partial charge in [-0.2, -0.15) is 0 Å². The highest BCUT2D eigenvalue weighted by molar-refractivity contribution is 6.48. The number of halogens is 3. The summed E-state index contributed by atoms with van der Waals surface area (Å²) in [5.74, 6) is -0.0842. The first-order chi connectivity index (χ1) is 9.54. The number of esters is 1. The number of nitrogens with zero attached hydrogens (tertiary/aromatic N) is 1. The molecule has 4 nitrogen and oxygen atoms in total. The molecule has 0 aliphatic carbocycles. The Kier molecular flexibility index (Phi) is 4.70. The van der Waals surface area contributed by atoms with Gasteiger partial charge in [0.25, 0.3) is 0 Å². The first-order valence-corrected chi connectivity index (χ1v) is 6.52. The van der Waals surface area contributed by atoms with Crippen LogP contribution in [0.4, 0.5) is 0 Å². The summed E-state index contributed by atoms with van der Waals surface area (Å²) in [6.07, 6.45) is 1.23. The summed E-state index contributed by atoms with van der Waals surface area (Å²) >= 11 is 17.5. The van der Waals surface area contributed by atoms with Gasteiger partial charge in [0.1, 0.15) is 0 Å². The molecule has 0 spiro atoms. The molecule has 0 radical (unpaired) electrons. The van der Waals surface area contributed by atoms with Crippen LogP contribution in [0.25, 0.3) is 0 Å². The lowest BCUT2D eigenvalue weighted by atomic mass is 10.3. The fraction of sp³-hybridized carbons (Fsp3) is 0.0769. The van der Waals surface area contributed by atoms with Gasteiger partial charge in [-0.05, 0) is 12.1 Å². The van der Waals surface area contributed by atoms with Crippen molar-refractivity contribution >= 4 is 40.8 Å². The number of pyridine rings is 1. The molecule has 0 saturated heterocycles. The smallest absolute Gasteiger partial charge is 0.364 e. The molecule has 0 aliphatic heterocycles. The highest BCUT2D eigenvalue weighted by Crippen LogP contribution is 2.32. The van der Waals surface area contributed by atoms with Gasteiger partial charge >= 0.3 is 5.97 Å². The first kappa shape index (κ1) is 14.9. The van der Waals surface area contributed by atoms with Crippen molar-refractivity contribution in [2.75, 3.05) is 7.11 Å². The van der Waals surface area contributed by atoms with Crippen LogP contribution < -0.4 is 9.47 Å². The Hall–Kier alpha value is -1.49. The number of hydrogen-bond acceptors (Lipinski definition) is 4. The minimum atomic E-state index is -0.752. The lowest BCUT2D eigenvalue weighted by Crippen LogP contribution is -2.12. The lowest BCUT2D eigenvalue weighted by Gasteiger charge is -2.09. The number of hydrogen-bond donors (Lipinski definition) is 0. The van der Waals surface area contributed by atoms with Gasteiger partial charge in [0.2, 0.25) is 0 Å². The molecule has 2 rings (SSSR count). The van der Waals surface area contributed by atoms with Crippen molar-refractivity contribution in [2.45, 2.75) is 0 Å². The van der Waals surface area contributed by atoms with E-state index in [9.17, 15) is 4.79 Å². The minimum Gasteiger partial charge on any atom is -0.493 e. The zero-order valence-corrected chi connectivity index (χ0v) is 12.5. The van der Waals surface area contributed by atoms with Crippen LogP contribution in [0, 0.1) is 0 Å². The third-order valence-corrected chi connectivity index (χ3v) is 3.62. The molecule has 0 unspecified atom stereocenters. The van der Waals surface area contributed by atoms with Gasteiger partial charge < -0.3 is 9.47 Å². The predicted molar refractivity (Wildman–Crippen MR) is 77.2 cm³/mol. The zero-order valence-electron chi connectivity index (χ0n) is 10.2. The van der Waals surface area contributed by atoms with Gasteiger partial charge in [-0.25, -0.2) is 9.78 Å². The third kappa shape index (κ3) is 2.98. The molecule has 1 aromatic heterocycles. The van der Waals surface area contributed by atoms with Gasteiger partial charge in [-0.15, -0.1) is 0 Å². The molecule has 1 heterocycles. The van der Waals surface area contributed by atoms with Crippen LogP contribution in [-0.4, -0.2) is 18.1 Å². The van der Waals surface area contributed by atoms with E-state index in [1.165, 1.54) is 13.3 Å². The van der Waals surface area contributed by atoms with Crippen molar-refractivity contribution in [3.8, 4) is 11.5 Å². The van der Waals surface area contributed by atoms with Crippen molar-refractivity contribution in [1.29, 1.82) is 0 Å². The lowest BCUT2D eigenvalue weighted by molar-refractivity contribution is 0.0724. The predicted octanol–water partition coefficient (Wildman–Crippen LogP) is 4.27. The maximum atomic E-state index is 12.0. The fourth-order valence-corrected chi connectivity index (χ4v) is 1.99. The molecule has 20 heavy (non-hydrogen) atoms. The summed E-state index contributed by atoms with van der Waals surface area (Å²) in [6.45, 7) is 0. The van der Waals surface area contributed by atoms with Crippen LogP contribution in [0.15, 0.2) is 30.5 Å². The van der Waals surface area contributed by atoms with Crippen LogP contribution >= 0.6 is 34.8 Å². The molecular weight excluding hydrogens is 325 g/mol. The third-order valence-electron chi connectivity index (χ3n) is 2.38. The van der Waals surface area contributed by atoms with Gasteiger partial charge in [0, 0.05) is 6.20 Å². The summed E-state index contributed by atoms with van der Waals surface area (Å²) in [5.41, 5.74) is -0.119. The molecule has 0 atom stereocenters. The minimum absolute atomic E-state index is 0.0512. The molecule has 0 N–H and O–H groups in total. The second kappa shape index (κ2) is 6.31. The Morgan fingerprint density at radius 1 is 1.10 bits per heavy atom. The summed E-state index contributed by atoms with van der Waals surface area (Å²) in [4.78, 5) is 15.9. The number of carbonyl (C=O) groups is 1. The Morgan fingerprint density at radius 2 is 1.75 bits per heavy atom. The average Bonchev–Trinajstić information content (AvgIpc) is 2.45. The van der Waals surface area contributed by atoms with Crippen LogP contribution in [-0.2, 0) is 0 Å². The maximum absolute atomic E-state index is 12.0. The first-order valence-electron chi connectivity index (χ1n) is 5.39. The van der Waals surface area contributed by atoms with Crippen molar-refractivity contribution in [2.24, 2.45) is 0 Å². The Labute approximate surface area is 130 Å². The van der Waals surface area contributed by atoms with E-state index in [0.717, 1.165) is 0 Å². The average molecular weight is 333 g/mol. The Morgan fingerprint density at radius 3 is 2.40 bits per heavy atom. The molecule has 0 fully saturated rings. The second-order valence-electron chi connectivity index (χ2n) is 3.62. The Bertz CT molecular complexity index is 661. The van der Waals surface area contributed by atoms with Gasteiger partial charge in [0.15, 0.2) is 17.2 Å². The summed E-state index contributed by atoms with van der Waals surface area (Å²) in [7, 11) is 1.47. The van der Waals surface area contributed by atoms with Gasteiger partial charge in [-0.3, -0.25) is 0 Å². The van der Waals surface area contributed by atoms with Crippen molar-refractivity contribution < 1.29 is 14.3 Å². The second-order valence-corrected chi connectivity index (χ2v) is 4.79. The van der Waals surface area contributed by atoms with E-state index >= 15 is 0 Å². The molecule has 0 saturated carbocycles. The summed E-state index contributed by atoms with van der Waals surface area (Å²) in [6, 6.07) is 6.70. The Balaban J connectivity index is 2.31. The monoisotopic (exact) mass is 331 g/mol. The zero-order chi connectivity index (χ0) is 14.7. The number of rotatable bonds is 3. The van der Waals surface area contributed by atoms with E-state index in [4.69, 9.17) is 44.3 Å². The van der Waals surface area contributed by atoms with Crippen molar-refractivity contribution in [1.82, 2.24) is 4.98 Å². The van der Waals surface area contributed by atoms with Crippen molar-refractivity contribution in [3.63, 3.8) is 0 Å². The fourth-order valence-electron chi connectivity index (χ4n) is 1.44.